The summed E-state index contributed by atoms with van der Waals surface area (Å²) in [4.78, 5) is 38.4. The molecule has 4 rings (SSSR count). The van der Waals surface area contributed by atoms with Gasteiger partial charge >= 0.3 is 6.09 Å². The zero-order valence-corrected chi connectivity index (χ0v) is 22.4. The van der Waals surface area contributed by atoms with E-state index in [-0.39, 0.29) is 18.8 Å². The lowest BCUT2D eigenvalue weighted by atomic mass is 10.0. The van der Waals surface area contributed by atoms with Crippen LogP contribution in [0.4, 0.5) is 4.79 Å². The lowest BCUT2D eigenvalue weighted by Crippen LogP contribution is -2.55. The van der Waals surface area contributed by atoms with Gasteiger partial charge in [0.05, 0.1) is 12.8 Å². The van der Waals surface area contributed by atoms with Gasteiger partial charge in [-0.25, -0.2) is 10.2 Å². The number of aliphatic hydroxyl groups excluding tert-OH is 1. The smallest absolute Gasteiger partial charge is 0.408 e. The molecule has 0 aliphatic carbocycles. The van der Waals surface area contributed by atoms with Crippen LogP contribution in [0.15, 0.2) is 90.2 Å². The number of aliphatic hydroxyl groups is 1. The van der Waals surface area contributed by atoms with Crippen molar-refractivity contribution in [3.05, 3.63) is 102 Å². The second-order valence-electron chi connectivity index (χ2n) is 9.32. The van der Waals surface area contributed by atoms with Crippen LogP contribution >= 0.6 is 0 Å². The Hall–Kier alpha value is -5.16. The first-order valence-electron chi connectivity index (χ1n) is 12.9. The molecule has 0 saturated heterocycles. The maximum atomic E-state index is 13.1. The Kier molecular flexibility index (Phi) is 9.68. The molecule has 0 aliphatic rings. The minimum atomic E-state index is -1.37. The van der Waals surface area contributed by atoms with Gasteiger partial charge in [0.15, 0.2) is 0 Å². The highest BCUT2D eigenvalue weighted by atomic mass is 16.5. The molecule has 11 nitrogen and oxygen atoms in total. The second kappa shape index (κ2) is 13.8. The van der Waals surface area contributed by atoms with Gasteiger partial charge in [-0.05, 0) is 29.3 Å². The average Bonchev–Trinajstić information content (AvgIpc) is 3.31. The quantitative estimate of drug-likeness (QED) is 0.141. The normalized spacial score (nSPS) is 12.5. The predicted molar refractivity (Wildman–Crippen MR) is 153 cm³/mol. The third-order valence-electron chi connectivity index (χ3n) is 6.32. The number of aromatic hydroxyl groups is 1. The first-order valence-corrected chi connectivity index (χ1v) is 12.9. The zero-order valence-electron chi connectivity index (χ0n) is 22.4. The number of rotatable bonds is 11. The molecule has 3 amide bonds. The van der Waals surface area contributed by atoms with Gasteiger partial charge in [-0.1, -0.05) is 60.7 Å². The number of nitrogens with zero attached hydrogens (tertiary/aromatic N) is 2. The molecule has 0 spiro atoms. The van der Waals surface area contributed by atoms with E-state index in [4.69, 9.17) is 4.74 Å². The second-order valence-corrected chi connectivity index (χ2v) is 9.32. The molecule has 0 unspecified atom stereocenters. The summed E-state index contributed by atoms with van der Waals surface area (Å²) in [6.45, 7) is -0.744. The number of aromatic nitrogens is 1. The lowest BCUT2D eigenvalue weighted by Gasteiger charge is -2.21. The number of para-hydroxylation sites is 1. The minimum Gasteiger partial charge on any atom is -0.508 e. The number of aryl methyl sites for hydroxylation is 1. The Morgan fingerprint density at radius 1 is 0.902 bits per heavy atom. The van der Waals surface area contributed by atoms with Crippen LogP contribution in [0.1, 0.15) is 16.7 Å². The van der Waals surface area contributed by atoms with Crippen LogP contribution in [0.25, 0.3) is 10.9 Å². The number of fused-ring (bicyclic) bond motifs is 1. The fraction of sp³-hybridized carbons (Fsp3) is 0.200. The number of alkyl carbamates (subject to hydrolysis) is 1. The molecule has 0 bridgehead atoms. The van der Waals surface area contributed by atoms with Gasteiger partial charge in [0.25, 0.3) is 5.91 Å². The van der Waals surface area contributed by atoms with Crippen LogP contribution in [0.2, 0.25) is 0 Å². The molecule has 11 heteroatoms. The van der Waals surface area contributed by atoms with Crippen molar-refractivity contribution in [2.75, 3.05) is 6.61 Å². The van der Waals surface area contributed by atoms with E-state index in [1.807, 2.05) is 48.1 Å². The number of phenolic OH excluding ortho intramolecular Hbond substituents is 1. The number of hydrazone groups is 1. The number of benzene rings is 3. The molecule has 0 saturated carbocycles. The molecule has 1 aromatic heterocycles. The molecule has 3 aromatic carbocycles. The topological polar surface area (TPSA) is 154 Å². The van der Waals surface area contributed by atoms with Gasteiger partial charge in [0.1, 0.15) is 24.4 Å². The Bertz CT molecular complexity index is 1520. The molecule has 0 fully saturated rings. The summed E-state index contributed by atoms with van der Waals surface area (Å²) in [7, 11) is 1.91. The Morgan fingerprint density at radius 3 is 2.34 bits per heavy atom. The largest absolute Gasteiger partial charge is 0.508 e. The first kappa shape index (κ1) is 28.8. The number of carbonyl (C=O) groups excluding carboxylic acids is 3. The molecule has 1 heterocycles. The fourth-order valence-electron chi connectivity index (χ4n) is 4.17. The van der Waals surface area contributed by atoms with E-state index in [0.717, 1.165) is 22.0 Å². The minimum absolute atomic E-state index is 0.0208. The van der Waals surface area contributed by atoms with E-state index >= 15 is 0 Å². The van der Waals surface area contributed by atoms with Crippen LogP contribution in [0.3, 0.4) is 0 Å². The SMILES string of the molecule is Cn1cc(/C=N\NC(=O)[C@H](Cc2ccc(O)cc2)NC(=O)[C@H](CO)NC(=O)OCc2ccccc2)c2ccccc21. The van der Waals surface area contributed by atoms with Crippen molar-refractivity contribution in [3.63, 3.8) is 0 Å². The van der Waals surface area contributed by atoms with E-state index in [2.05, 4.69) is 21.2 Å². The van der Waals surface area contributed by atoms with Gasteiger partial charge in [0, 0.05) is 36.1 Å². The van der Waals surface area contributed by atoms with Crippen molar-refractivity contribution in [2.45, 2.75) is 25.1 Å². The highest BCUT2D eigenvalue weighted by Crippen LogP contribution is 2.18. The monoisotopic (exact) mass is 557 g/mol. The number of amides is 3. The third-order valence-corrected chi connectivity index (χ3v) is 6.32. The number of hydrogen-bond donors (Lipinski definition) is 5. The van der Waals surface area contributed by atoms with Gasteiger partial charge in [-0.3, -0.25) is 9.59 Å². The Labute approximate surface area is 236 Å². The molecule has 0 aliphatic heterocycles. The molecule has 212 valence electrons. The molecule has 41 heavy (non-hydrogen) atoms. The summed E-state index contributed by atoms with van der Waals surface area (Å²) >= 11 is 0. The summed E-state index contributed by atoms with van der Waals surface area (Å²) in [5.41, 5.74) is 5.66. The van der Waals surface area contributed by atoms with Crippen molar-refractivity contribution in [2.24, 2.45) is 12.1 Å². The third kappa shape index (κ3) is 7.93. The molecular weight excluding hydrogens is 526 g/mol. The van der Waals surface area contributed by atoms with E-state index in [1.54, 1.807) is 36.4 Å². The van der Waals surface area contributed by atoms with Gasteiger partial charge < -0.3 is 30.2 Å². The summed E-state index contributed by atoms with van der Waals surface area (Å²) < 4.78 is 7.08. The predicted octanol–water partition coefficient (Wildman–Crippen LogP) is 2.35. The van der Waals surface area contributed by atoms with Crippen molar-refractivity contribution in [3.8, 4) is 5.75 Å². The lowest BCUT2D eigenvalue weighted by molar-refractivity contribution is -0.130. The highest BCUT2D eigenvalue weighted by molar-refractivity contribution is 6.00. The van der Waals surface area contributed by atoms with Gasteiger partial charge in [-0.2, -0.15) is 5.10 Å². The number of phenols is 1. The summed E-state index contributed by atoms with van der Waals surface area (Å²) in [5.74, 6) is -1.36. The maximum Gasteiger partial charge on any atom is 0.408 e. The van der Waals surface area contributed by atoms with E-state index in [0.29, 0.717) is 5.56 Å². The van der Waals surface area contributed by atoms with E-state index < -0.39 is 36.6 Å². The van der Waals surface area contributed by atoms with Gasteiger partial charge in [-0.15, -0.1) is 0 Å². The summed E-state index contributed by atoms with van der Waals surface area (Å²) in [6, 6.07) is 20.4. The highest BCUT2D eigenvalue weighted by Gasteiger charge is 2.27. The Morgan fingerprint density at radius 2 is 1.61 bits per heavy atom. The molecule has 5 N–H and O–H groups in total. The van der Waals surface area contributed by atoms with Crippen molar-refractivity contribution in [1.82, 2.24) is 20.6 Å². The molecular formula is C30H31N5O6. The van der Waals surface area contributed by atoms with Crippen LogP contribution in [-0.4, -0.2) is 57.6 Å². The van der Waals surface area contributed by atoms with Crippen LogP contribution in [-0.2, 0) is 34.4 Å². The molecule has 2 atom stereocenters. The van der Waals surface area contributed by atoms with Crippen molar-refractivity contribution in [1.29, 1.82) is 0 Å². The summed E-state index contributed by atoms with van der Waals surface area (Å²) in [6.07, 6.45) is 2.55. The van der Waals surface area contributed by atoms with Gasteiger partial charge in [0.2, 0.25) is 5.91 Å². The number of nitrogens with one attached hydrogen (secondary N) is 3. The molecule has 4 aromatic rings. The van der Waals surface area contributed by atoms with Crippen LogP contribution < -0.4 is 16.1 Å². The number of ether oxygens (including phenoxy) is 1. The first-order chi connectivity index (χ1) is 19.8. The number of carbonyl (C=O) groups is 3. The molecule has 0 radical (unpaired) electrons. The zero-order chi connectivity index (χ0) is 29.2. The van der Waals surface area contributed by atoms with Crippen molar-refractivity contribution >= 4 is 35.0 Å². The number of hydrogen-bond acceptors (Lipinski definition) is 7. The maximum absolute atomic E-state index is 13.1. The Balaban J connectivity index is 1.42. The van der Waals surface area contributed by atoms with E-state index in [9.17, 15) is 24.6 Å². The fourth-order valence-corrected chi connectivity index (χ4v) is 4.17. The van der Waals surface area contributed by atoms with Crippen molar-refractivity contribution < 1.29 is 29.3 Å². The van der Waals surface area contributed by atoms with Crippen LogP contribution in [0, 0.1) is 0 Å². The average molecular weight is 558 g/mol. The standard InChI is InChI=1S/C30H31N5O6/c1-35-17-22(24-9-5-6-10-27(24)35)16-31-34-29(39)25(15-20-11-13-23(37)14-12-20)32-28(38)26(18-36)33-30(40)41-19-21-7-3-2-4-8-21/h2-14,16-17,25-26,36-37H,15,18-19H2,1H3,(H,32,38)(H,33,40)(H,34,39)/b31-16-/t25-,26-/m0/s1. The van der Waals surface area contributed by atoms with E-state index in [1.165, 1.54) is 18.3 Å². The summed E-state index contributed by atoms with van der Waals surface area (Å²) in [5, 5.41) is 29.3. The van der Waals surface area contributed by atoms with Crippen LogP contribution in [0.5, 0.6) is 5.75 Å².